The van der Waals surface area contributed by atoms with Gasteiger partial charge in [-0.15, -0.1) is 0 Å². The first kappa shape index (κ1) is 19.1. The van der Waals surface area contributed by atoms with E-state index in [4.69, 9.17) is 9.72 Å². The molecule has 0 bridgehead atoms. The summed E-state index contributed by atoms with van der Waals surface area (Å²) < 4.78 is 5.55. The van der Waals surface area contributed by atoms with Crippen molar-refractivity contribution in [2.24, 2.45) is 0 Å². The van der Waals surface area contributed by atoms with Gasteiger partial charge in [0, 0.05) is 37.6 Å². The van der Waals surface area contributed by atoms with Crippen molar-refractivity contribution in [3.8, 4) is 5.75 Å². The molecule has 1 fully saturated rings. The van der Waals surface area contributed by atoms with Crippen LogP contribution < -0.4 is 9.64 Å². The van der Waals surface area contributed by atoms with Crippen LogP contribution >= 0.6 is 11.8 Å². The number of aromatic nitrogens is 1. The van der Waals surface area contributed by atoms with Gasteiger partial charge >= 0.3 is 0 Å². The number of ether oxygens (including phenoxy) is 1. The van der Waals surface area contributed by atoms with Crippen LogP contribution in [0.4, 0.5) is 5.69 Å². The van der Waals surface area contributed by atoms with E-state index < -0.39 is 0 Å². The van der Waals surface area contributed by atoms with Gasteiger partial charge in [0.05, 0.1) is 24.0 Å². The summed E-state index contributed by atoms with van der Waals surface area (Å²) in [6.45, 7) is 8.65. The molecule has 2 heterocycles. The Morgan fingerprint density at radius 3 is 2.38 bits per heavy atom. The number of thioether (sulfide) groups is 1. The van der Waals surface area contributed by atoms with Crippen LogP contribution in [0.15, 0.2) is 48.7 Å². The molecule has 26 heavy (non-hydrogen) atoms. The third kappa shape index (κ3) is 3.55. The summed E-state index contributed by atoms with van der Waals surface area (Å²) in [5.74, 6) is 0.950. The lowest BCUT2D eigenvalue weighted by molar-refractivity contribution is 0.0912. The minimum Gasteiger partial charge on any atom is -0.495 e. The molecule has 1 aliphatic heterocycles. The van der Waals surface area contributed by atoms with E-state index in [9.17, 15) is 0 Å². The second kappa shape index (κ2) is 8.31. The Morgan fingerprint density at radius 1 is 1.08 bits per heavy atom. The molecule has 0 radical (unpaired) electrons. The lowest BCUT2D eigenvalue weighted by atomic mass is 9.90. The molecule has 1 aliphatic rings. The monoisotopic (exact) mass is 371 g/mol. The third-order valence-corrected chi connectivity index (χ3v) is 6.86. The van der Waals surface area contributed by atoms with Crippen molar-refractivity contribution >= 4 is 17.4 Å². The number of methoxy groups -OCH3 is 1. The standard InChI is InChI=1S/C21H29N3OS/c1-17(26-4)21(2,20-11-7-8-12-22-20)24-15-13-23(14-16-24)18-9-5-6-10-19(18)25-3/h5-12,17H,13-16H2,1-4H3. The number of pyridine rings is 1. The zero-order valence-corrected chi connectivity index (χ0v) is 17.0. The van der Waals surface area contributed by atoms with Crippen LogP contribution in [0.5, 0.6) is 5.75 Å². The number of piperazine rings is 1. The smallest absolute Gasteiger partial charge is 0.142 e. The van der Waals surface area contributed by atoms with E-state index in [1.807, 2.05) is 36.2 Å². The largest absolute Gasteiger partial charge is 0.495 e. The highest BCUT2D eigenvalue weighted by Crippen LogP contribution is 2.38. The summed E-state index contributed by atoms with van der Waals surface area (Å²) >= 11 is 1.91. The second-order valence-corrected chi connectivity index (χ2v) is 8.06. The molecule has 2 unspecified atom stereocenters. The fourth-order valence-electron chi connectivity index (χ4n) is 3.82. The minimum absolute atomic E-state index is 0.0759. The van der Waals surface area contributed by atoms with Gasteiger partial charge in [0.15, 0.2) is 0 Å². The molecular weight excluding hydrogens is 342 g/mol. The highest BCUT2D eigenvalue weighted by molar-refractivity contribution is 7.99. The SMILES string of the molecule is COc1ccccc1N1CCN(C(C)(c2ccccn2)C(C)SC)CC1. The van der Waals surface area contributed by atoms with Gasteiger partial charge in [-0.2, -0.15) is 11.8 Å². The molecule has 0 amide bonds. The summed E-state index contributed by atoms with van der Waals surface area (Å²) in [7, 11) is 1.74. The van der Waals surface area contributed by atoms with E-state index in [-0.39, 0.29) is 5.54 Å². The van der Waals surface area contributed by atoms with Gasteiger partial charge in [0.1, 0.15) is 5.75 Å². The van der Waals surface area contributed by atoms with Crippen LogP contribution in [0.2, 0.25) is 0 Å². The van der Waals surface area contributed by atoms with E-state index in [1.54, 1.807) is 7.11 Å². The fraction of sp³-hybridized carbons (Fsp3) is 0.476. The Morgan fingerprint density at radius 2 is 1.77 bits per heavy atom. The molecule has 1 aromatic heterocycles. The quantitative estimate of drug-likeness (QED) is 0.768. The molecule has 1 saturated heterocycles. The second-order valence-electron chi connectivity index (χ2n) is 6.89. The predicted molar refractivity (Wildman–Crippen MR) is 111 cm³/mol. The van der Waals surface area contributed by atoms with Crippen LogP contribution in [0.1, 0.15) is 19.5 Å². The number of anilines is 1. The van der Waals surface area contributed by atoms with Crippen LogP contribution in [-0.2, 0) is 5.54 Å². The average Bonchev–Trinajstić information content (AvgIpc) is 2.73. The van der Waals surface area contributed by atoms with E-state index >= 15 is 0 Å². The van der Waals surface area contributed by atoms with Gasteiger partial charge in [0.25, 0.3) is 0 Å². The molecule has 3 rings (SSSR count). The Labute approximate surface area is 161 Å². The first-order chi connectivity index (χ1) is 12.6. The Kier molecular flexibility index (Phi) is 6.09. The van der Waals surface area contributed by atoms with Crippen molar-refractivity contribution < 1.29 is 4.74 Å². The molecule has 5 heteroatoms. The van der Waals surface area contributed by atoms with E-state index in [0.717, 1.165) is 37.6 Å². The van der Waals surface area contributed by atoms with Crippen molar-refractivity contribution in [2.75, 3.05) is 44.4 Å². The number of hydrogen-bond donors (Lipinski definition) is 0. The molecule has 0 spiro atoms. The predicted octanol–water partition coefficient (Wildman–Crippen LogP) is 3.88. The van der Waals surface area contributed by atoms with E-state index in [2.05, 4.69) is 54.2 Å². The lowest BCUT2D eigenvalue weighted by Gasteiger charge is -2.48. The molecule has 140 valence electrons. The maximum atomic E-state index is 5.55. The maximum Gasteiger partial charge on any atom is 0.142 e. The summed E-state index contributed by atoms with van der Waals surface area (Å²) in [4.78, 5) is 9.74. The van der Waals surface area contributed by atoms with Crippen molar-refractivity contribution in [2.45, 2.75) is 24.6 Å². The van der Waals surface area contributed by atoms with Crippen LogP contribution in [-0.4, -0.2) is 54.7 Å². The number of rotatable bonds is 6. The van der Waals surface area contributed by atoms with Crippen molar-refractivity contribution in [1.29, 1.82) is 0 Å². The number of hydrogen-bond acceptors (Lipinski definition) is 5. The first-order valence-electron chi connectivity index (χ1n) is 9.18. The summed E-state index contributed by atoms with van der Waals surface area (Å²) in [6, 6.07) is 14.5. The molecule has 4 nitrogen and oxygen atoms in total. The fourth-order valence-corrected chi connectivity index (χ4v) is 4.55. The normalized spacial score (nSPS) is 19.0. The topological polar surface area (TPSA) is 28.6 Å². The Bertz CT molecular complexity index is 703. The molecule has 0 saturated carbocycles. The number of para-hydroxylation sites is 2. The molecule has 2 atom stereocenters. The van der Waals surface area contributed by atoms with Gasteiger partial charge in [-0.1, -0.05) is 25.1 Å². The van der Waals surface area contributed by atoms with Gasteiger partial charge in [-0.25, -0.2) is 0 Å². The number of nitrogens with zero attached hydrogens (tertiary/aromatic N) is 3. The maximum absolute atomic E-state index is 5.55. The minimum atomic E-state index is -0.0759. The Hall–Kier alpha value is -1.72. The summed E-state index contributed by atoms with van der Waals surface area (Å²) in [6.07, 6.45) is 4.10. The van der Waals surface area contributed by atoms with Crippen LogP contribution in [0, 0.1) is 0 Å². The van der Waals surface area contributed by atoms with Gasteiger partial charge in [0.2, 0.25) is 0 Å². The zero-order valence-electron chi connectivity index (χ0n) is 16.2. The Balaban J connectivity index is 1.80. The number of benzene rings is 1. The lowest BCUT2D eigenvalue weighted by Crippen LogP contribution is -2.58. The van der Waals surface area contributed by atoms with Gasteiger partial charge in [-0.3, -0.25) is 9.88 Å². The van der Waals surface area contributed by atoms with E-state index in [1.165, 1.54) is 5.69 Å². The van der Waals surface area contributed by atoms with Gasteiger partial charge < -0.3 is 9.64 Å². The highest BCUT2D eigenvalue weighted by atomic mass is 32.2. The van der Waals surface area contributed by atoms with Crippen molar-refractivity contribution in [1.82, 2.24) is 9.88 Å². The average molecular weight is 372 g/mol. The molecule has 0 aliphatic carbocycles. The first-order valence-corrected chi connectivity index (χ1v) is 10.5. The zero-order chi connectivity index (χ0) is 18.6. The molecular formula is C21H29N3OS. The molecule has 2 aromatic rings. The summed E-state index contributed by atoms with van der Waals surface area (Å²) in [5, 5.41) is 0.454. The third-order valence-electron chi connectivity index (χ3n) is 5.69. The van der Waals surface area contributed by atoms with E-state index in [0.29, 0.717) is 5.25 Å². The van der Waals surface area contributed by atoms with Crippen LogP contribution in [0.25, 0.3) is 0 Å². The molecule has 1 aromatic carbocycles. The van der Waals surface area contributed by atoms with Gasteiger partial charge in [-0.05, 0) is 37.4 Å². The van der Waals surface area contributed by atoms with Crippen LogP contribution in [0.3, 0.4) is 0 Å². The molecule has 0 N–H and O–H groups in total. The summed E-state index contributed by atoms with van der Waals surface area (Å²) in [5.41, 5.74) is 2.27. The van der Waals surface area contributed by atoms with Crippen molar-refractivity contribution in [3.05, 3.63) is 54.4 Å². The highest BCUT2D eigenvalue weighted by Gasteiger charge is 2.41. The van der Waals surface area contributed by atoms with Crippen molar-refractivity contribution in [3.63, 3.8) is 0 Å².